The highest BCUT2D eigenvalue weighted by Gasteiger charge is 2.24. The van der Waals surface area contributed by atoms with Crippen molar-refractivity contribution in [1.29, 1.82) is 0 Å². The zero-order valence-corrected chi connectivity index (χ0v) is 16.4. The molecule has 150 valence electrons. The minimum absolute atomic E-state index is 0.0998. The van der Waals surface area contributed by atoms with Gasteiger partial charge in [-0.05, 0) is 48.9 Å². The molecule has 2 aromatic heterocycles. The summed E-state index contributed by atoms with van der Waals surface area (Å²) in [5, 5.41) is 4.46. The summed E-state index contributed by atoms with van der Waals surface area (Å²) in [7, 11) is 0. The Morgan fingerprint density at radius 3 is 2.76 bits per heavy atom. The van der Waals surface area contributed by atoms with Gasteiger partial charge in [0.2, 0.25) is 0 Å². The second-order valence-corrected chi connectivity index (χ2v) is 8.03. The highest BCUT2D eigenvalue weighted by Crippen LogP contribution is 2.36. The van der Waals surface area contributed by atoms with Gasteiger partial charge in [0.25, 0.3) is 5.91 Å². The van der Waals surface area contributed by atoms with Crippen LogP contribution < -0.4 is 11.1 Å². The molecule has 1 fully saturated rings. The number of halogens is 2. The number of nitrogens with two attached hydrogens (primary N) is 1. The maximum atomic E-state index is 14.0. The number of nitrogens with zero attached hydrogens (tertiary/aromatic N) is 2. The maximum Gasteiger partial charge on any atom is 0.275 e. The van der Waals surface area contributed by atoms with Crippen LogP contribution in [0.25, 0.3) is 10.6 Å². The lowest BCUT2D eigenvalue weighted by molar-refractivity contribution is 0.102. The topological polar surface area (TPSA) is 80.9 Å². The normalized spacial score (nSPS) is 19.1. The first-order chi connectivity index (χ1) is 14.0. The molecule has 1 amide bonds. The van der Waals surface area contributed by atoms with E-state index in [9.17, 15) is 13.6 Å². The summed E-state index contributed by atoms with van der Waals surface area (Å²) in [6, 6.07) is 5.67. The van der Waals surface area contributed by atoms with Crippen molar-refractivity contribution in [2.45, 2.75) is 37.6 Å². The lowest BCUT2D eigenvalue weighted by Crippen LogP contribution is -2.27. The monoisotopic (exact) mass is 414 g/mol. The molecule has 3 aromatic rings. The van der Waals surface area contributed by atoms with Crippen LogP contribution in [0, 0.1) is 11.6 Å². The first-order valence-corrected chi connectivity index (χ1v) is 10.3. The molecule has 2 unspecified atom stereocenters. The zero-order chi connectivity index (χ0) is 20.4. The van der Waals surface area contributed by atoms with E-state index in [1.54, 1.807) is 12.4 Å². The van der Waals surface area contributed by atoms with Gasteiger partial charge in [-0.25, -0.2) is 13.8 Å². The minimum Gasteiger partial charge on any atom is -0.328 e. The van der Waals surface area contributed by atoms with Gasteiger partial charge in [0.1, 0.15) is 22.3 Å². The van der Waals surface area contributed by atoms with E-state index in [0.717, 1.165) is 54.7 Å². The molecule has 0 aliphatic heterocycles. The number of benzene rings is 1. The number of carbonyl (C=O) groups is 1. The van der Waals surface area contributed by atoms with E-state index in [-0.39, 0.29) is 28.2 Å². The number of pyridine rings is 1. The number of anilines is 1. The van der Waals surface area contributed by atoms with Gasteiger partial charge in [-0.15, -0.1) is 11.3 Å². The van der Waals surface area contributed by atoms with Crippen molar-refractivity contribution in [3.8, 4) is 10.6 Å². The van der Waals surface area contributed by atoms with Crippen molar-refractivity contribution >= 4 is 22.9 Å². The van der Waals surface area contributed by atoms with Crippen LogP contribution in [-0.4, -0.2) is 21.9 Å². The smallest absolute Gasteiger partial charge is 0.275 e. The van der Waals surface area contributed by atoms with Crippen LogP contribution >= 0.6 is 11.3 Å². The average molecular weight is 414 g/mol. The predicted octanol–water partition coefficient (Wildman–Crippen LogP) is 4.72. The van der Waals surface area contributed by atoms with Crippen LogP contribution in [0.1, 0.15) is 47.7 Å². The second kappa shape index (κ2) is 8.34. The molecule has 1 aliphatic rings. The van der Waals surface area contributed by atoms with Crippen molar-refractivity contribution in [1.82, 2.24) is 9.97 Å². The molecule has 8 heteroatoms. The number of carbonyl (C=O) groups excluding carboxylic acids is 1. The Hall–Kier alpha value is -2.71. The molecule has 1 saturated carbocycles. The number of nitrogens with one attached hydrogen (secondary N) is 1. The third kappa shape index (κ3) is 4.18. The summed E-state index contributed by atoms with van der Waals surface area (Å²) in [5.41, 5.74) is 7.60. The Kier molecular flexibility index (Phi) is 5.64. The molecule has 4 rings (SSSR count). The molecule has 0 saturated heterocycles. The van der Waals surface area contributed by atoms with Crippen LogP contribution in [0.3, 0.4) is 0 Å². The molecular weight excluding hydrogens is 394 g/mol. The van der Waals surface area contributed by atoms with Gasteiger partial charge in [0, 0.05) is 17.6 Å². The standard InChI is InChI=1S/C21H20F2N4OS/c22-15-5-2-6-16(23)19(15)21-27-18(11-29-21)20(28)26-17-10-25-8-7-14(17)12-3-1-4-13(24)9-12/h2,5-8,10-13H,1,3-4,9,24H2,(H,26,28). The van der Waals surface area contributed by atoms with Crippen molar-refractivity contribution in [2.75, 3.05) is 5.32 Å². The zero-order valence-electron chi connectivity index (χ0n) is 15.6. The van der Waals surface area contributed by atoms with E-state index >= 15 is 0 Å². The SMILES string of the molecule is NC1CCCC(c2ccncc2NC(=O)c2csc(-c3c(F)cccc3F)n2)C1. The Balaban J connectivity index is 1.56. The first kappa shape index (κ1) is 19.6. The minimum atomic E-state index is -0.713. The van der Waals surface area contributed by atoms with Gasteiger partial charge in [-0.2, -0.15) is 0 Å². The third-order valence-electron chi connectivity index (χ3n) is 5.17. The highest BCUT2D eigenvalue weighted by molar-refractivity contribution is 7.13. The van der Waals surface area contributed by atoms with Gasteiger partial charge >= 0.3 is 0 Å². The number of hydrogen-bond donors (Lipinski definition) is 2. The van der Waals surface area contributed by atoms with E-state index in [0.29, 0.717) is 5.69 Å². The van der Waals surface area contributed by atoms with Gasteiger partial charge in [-0.1, -0.05) is 12.5 Å². The second-order valence-electron chi connectivity index (χ2n) is 7.18. The van der Waals surface area contributed by atoms with Gasteiger partial charge in [-0.3, -0.25) is 9.78 Å². The van der Waals surface area contributed by atoms with E-state index in [2.05, 4.69) is 15.3 Å². The van der Waals surface area contributed by atoms with Crippen LogP contribution in [0.15, 0.2) is 42.0 Å². The molecule has 2 heterocycles. The van der Waals surface area contributed by atoms with E-state index in [1.807, 2.05) is 6.07 Å². The summed E-state index contributed by atoms with van der Waals surface area (Å²) in [5.74, 6) is -1.61. The number of hydrogen-bond acceptors (Lipinski definition) is 5. The molecule has 2 atom stereocenters. The van der Waals surface area contributed by atoms with Crippen molar-refractivity contribution in [2.24, 2.45) is 5.73 Å². The fraction of sp³-hybridized carbons (Fsp3) is 0.286. The summed E-state index contributed by atoms with van der Waals surface area (Å²) >= 11 is 1.02. The van der Waals surface area contributed by atoms with E-state index < -0.39 is 17.5 Å². The first-order valence-electron chi connectivity index (χ1n) is 9.43. The molecule has 3 N–H and O–H groups in total. The van der Waals surface area contributed by atoms with Gasteiger partial charge in [0.15, 0.2) is 0 Å². The Labute approximate surface area is 171 Å². The third-order valence-corrected chi connectivity index (χ3v) is 6.03. The van der Waals surface area contributed by atoms with Crippen molar-refractivity contribution in [3.05, 3.63) is 64.9 Å². The van der Waals surface area contributed by atoms with Crippen LogP contribution in [0.5, 0.6) is 0 Å². The maximum absolute atomic E-state index is 14.0. The number of rotatable bonds is 4. The quantitative estimate of drug-likeness (QED) is 0.647. The fourth-order valence-corrected chi connectivity index (χ4v) is 4.60. The lowest BCUT2D eigenvalue weighted by atomic mass is 9.81. The largest absolute Gasteiger partial charge is 0.328 e. The summed E-state index contributed by atoms with van der Waals surface area (Å²) in [6.45, 7) is 0. The average Bonchev–Trinajstić information content (AvgIpc) is 3.18. The summed E-state index contributed by atoms with van der Waals surface area (Å²) in [4.78, 5) is 21.0. The molecular formula is C21H20F2N4OS. The van der Waals surface area contributed by atoms with Gasteiger partial charge < -0.3 is 11.1 Å². The van der Waals surface area contributed by atoms with E-state index in [1.165, 1.54) is 11.4 Å². The number of amides is 1. The molecule has 0 bridgehead atoms. The van der Waals surface area contributed by atoms with Crippen LogP contribution in [0.2, 0.25) is 0 Å². The molecule has 5 nitrogen and oxygen atoms in total. The summed E-state index contributed by atoms with van der Waals surface area (Å²) in [6.07, 6.45) is 7.24. The highest BCUT2D eigenvalue weighted by atomic mass is 32.1. The van der Waals surface area contributed by atoms with Crippen molar-refractivity contribution < 1.29 is 13.6 Å². The van der Waals surface area contributed by atoms with E-state index in [4.69, 9.17) is 5.73 Å². The molecule has 1 aromatic carbocycles. The summed E-state index contributed by atoms with van der Waals surface area (Å²) < 4.78 is 28.0. The van der Waals surface area contributed by atoms with Crippen LogP contribution in [-0.2, 0) is 0 Å². The van der Waals surface area contributed by atoms with Crippen molar-refractivity contribution in [3.63, 3.8) is 0 Å². The van der Waals surface area contributed by atoms with Gasteiger partial charge in [0.05, 0.1) is 17.4 Å². The Morgan fingerprint density at radius 2 is 2.00 bits per heavy atom. The molecule has 0 spiro atoms. The molecule has 0 radical (unpaired) electrons. The lowest BCUT2D eigenvalue weighted by Gasteiger charge is -2.28. The number of aromatic nitrogens is 2. The Morgan fingerprint density at radius 1 is 1.21 bits per heavy atom. The predicted molar refractivity (Wildman–Crippen MR) is 109 cm³/mol. The molecule has 29 heavy (non-hydrogen) atoms. The fourth-order valence-electron chi connectivity index (χ4n) is 3.76. The number of thiazole rings is 1. The molecule has 1 aliphatic carbocycles. The van der Waals surface area contributed by atoms with Crippen LogP contribution in [0.4, 0.5) is 14.5 Å². The Bertz CT molecular complexity index is 1020.